The third kappa shape index (κ3) is 8.38. The SMILES string of the molecule is CCCCOCC(C)(O)OC(=O)CC(C)=O. The zero-order chi connectivity index (χ0) is 12.6. The Balaban J connectivity index is 3.84. The summed E-state index contributed by atoms with van der Waals surface area (Å²) < 4.78 is 9.83. The molecule has 0 bridgehead atoms. The normalized spacial score (nSPS) is 14.2. The summed E-state index contributed by atoms with van der Waals surface area (Å²) in [5.41, 5.74) is 0. The van der Waals surface area contributed by atoms with Crippen molar-refractivity contribution >= 4 is 11.8 Å². The Morgan fingerprint density at radius 2 is 2.00 bits per heavy atom. The number of carbonyl (C=O) groups excluding carboxylic acids is 2. The van der Waals surface area contributed by atoms with Gasteiger partial charge in [-0.1, -0.05) is 13.3 Å². The molecule has 1 N–H and O–H groups in total. The first-order chi connectivity index (χ1) is 7.37. The lowest BCUT2D eigenvalue weighted by molar-refractivity contribution is -0.219. The van der Waals surface area contributed by atoms with E-state index in [1.807, 2.05) is 6.92 Å². The van der Waals surface area contributed by atoms with Crippen molar-refractivity contribution in [3.05, 3.63) is 0 Å². The number of esters is 1. The Morgan fingerprint density at radius 3 is 2.50 bits per heavy atom. The number of carbonyl (C=O) groups is 2. The van der Waals surface area contributed by atoms with Crippen LogP contribution in [0.1, 0.15) is 40.0 Å². The van der Waals surface area contributed by atoms with E-state index in [2.05, 4.69) is 0 Å². The molecule has 0 aromatic heterocycles. The molecular formula is C11H20O5. The van der Waals surface area contributed by atoms with Crippen LogP contribution in [0.5, 0.6) is 0 Å². The van der Waals surface area contributed by atoms with Crippen LogP contribution in [-0.2, 0) is 19.1 Å². The van der Waals surface area contributed by atoms with Crippen LogP contribution < -0.4 is 0 Å². The van der Waals surface area contributed by atoms with Gasteiger partial charge in [0.25, 0.3) is 0 Å². The van der Waals surface area contributed by atoms with Crippen LogP contribution in [0.2, 0.25) is 0 Å². The summed E-state index contributed by atoms with van der Waals surface area (Å²) in [6.07, 6.45) is 1.55. The Kier molecular flexibility index (Phi) is 6.92. The summed E-state index contributed by atoms with van der Waals surface area (Å²) in [5.74, 6) is -2.70. The molecule has 0 heterocycles. The van der Waals surface area contributed by atoms with Gasteiger partial charge in [0.1, 0.15) is 18.8 Å². The van der Waals surface area contributed by atoms with E-state index in [0.717, 1.165) is 12.8 Å². The number of aliphatic hydroxyl groups is 1. The van der Waals surface area contributed by atoms with Gasteiger partial charge in [0, 0.05) is 13.5 Å². The third-order valence-corrected chi connectivity index (χ3v) is 1.74. The van der Waals surface area contributed by atoms with Crippen molar-refractivity contribution in [2.45, 2.75) is 45.8 Å². The molecule has 0 spiro atoms. The summed E-state index contributed by atoms with van der Waals surface area (Å²) in [4.78, 5) is 21.7. The molecule has 0 saturated heterocycles. The lowest BCUT2D eigenvalue weighted by Gasteiger charge is -2.23. The topological polar surface area (TPSA) is 72.8 Å². The van der Waals surface area contributed by atoms with Gasteiger partial charge in [-0.05, 0) is 13.3 Å². The van der Waals surface area contributed by atoms with Gasteiger partial charge >= 0.3 is 5.97 Å². The van der Waals surface area contributed by atoms with Crippen molar-refractivity contribution in [3.8, 4) is 0 Å². The van der Waals surface area contributed by atoms with E-state index in [1.165, 1.54) is 13.8 Å². The van der Waals surface area contributed by atoms with E-state index in [1.54, 1.807) is 0 Å². The van der Waals surface area contributed by atoms with E-state index >= 15 is 0 Å². The van der Waals surface area contributed by atoms with Crippen LogP contribution in [0.25, 0.3) is 0 Å². The van der Waals surface area contributed by atoms with Gasteiger partial charge in [0.05, 0.1) is 0 Å². The Hall–Kier alpha value is -0.940. The zero-order valence-corrected chi connectivity index (χ0v) is 10.1. The van der Waals surface area contributed by atoms with Crippen molar-refractivity contribution < 1.29 is 24.2 Å². The minimum Gasteiger partial charge on any atom is -0.431 e. The highest BCUT2D eigenvalue weighted by Crippen LogP contribution is 2.08. The summed E-state index contributed by atoms with van der Waals surface area (Å²) >= 11 is 0. The molecule has 94 valence electrons. The van der Waals surface area contributed by atoms with Crippen LogP contribution in [0.4, 0.5) is 0 Å². The number of unbranched alkanes of at least 4 members (excludes halogenated alkanes) is 1. The van der Waals surface area contributed by atoms with Crippen LogP contribution in [0.3, 0.4) is 0 Å². The highest BCUT2D eigenvalue weighted by atomic mass is 16.7. The molecule has 0 fully saturated rings. The van der Waals surface area contributed by atoms with Crippen molar-refractivity contribution in [1.29, 1.82) is 0 Å². The molecular weight excluding hydrogens is 212 g/mol. The van der Waals surface area contributed by atoms with E-state index in [-0.39, 0.29) is 18.8 Å². The number of rotatable bonds is 8. The fourth-order valence-corrected chi connectivity index (χ4v) is 1.02. The lowest BCUT2D eigenvalue weighted by Crippen LogP contribution is -2.37. The van der Waals surface area contributed by atoms with Crippen molar-refractivity contribution in [2.75, 3.05) is 13.2 Å². The van der Waals surface area contributed by atoms with Gasteiger partial charge in [0.15, 0.2) is 0 Å². The minimum atomic E-state index is -1.67. The molecule has 16 heavy (non-hydrogen) atoms. The Morgan fingerprint density at radius 1 is 1.38 bits per heavy atom. The van der Waals surface area contributed by atoms with Gasteiger partial charge in [-0.15, -0.1) is 0 Å². The zero-order valence-electron chi connectivity index (χ0n) is 10.1. The summed E-state index contributed by atoms with van der Waals surface area (Å²) in [5, 5.41) is 9.62. The fraction of sp³-hybridized carbons (Fsp3) is 0.818. The van der Waals surface area contributed by atoms with Crippen molar-refractivity contribution in [1.82, 2.24) is 0 Å². The molecule has 5 nitrogen and oxygen atoms in total. The first-order valence-corrected chi connectivity index (χ1v) is 5.39. The van der Waals surface area contributed by atoms with Gasteiger partial charge in [0.2, 0.25) is 5.79 Å². The van der Waals surface area contributed by atoms with E-state index in [4.69, 9.17) is 9.47 Å². The molecule has 0 aromatic carbocycles. The van der Waals surface area contributed by atoms with Crippen LogP contribution in [-0.4, -0.2) is 35.9 Å². The Bertz CT molecular complexity index is 235. The molecule has 0 aliphatic heterocycles. The highest BCUT2D eigenvalue weighted by molar-refractivity contribution is 5.94. The maximum Gasteiger partial charge on any atom is 0.315 e. The van der Waals surface area contributed by atoms with E-state index < -0.39 is 11.8 Å². The second kappa shape index (κ2) is 7.35. The molecule has 0 aliphatic carbocycles. The molecule has 0 aliphatic rings. The van der Waals surface area contributed by atoms with Gasteiger partial charge in [-0.3, -0.25) is 9.59 Å². The first-order valence-electron chi connectivity index (χ1n) is 5.39. The van der Waals surface area contributed by atoms with Crippen LogP contribution >= 0.6 is 0 Å². The van der Waals surface area contributed by atoms with Crippen molar-refractivity contribution in [2.24, 2.45) is 0 Å². The predicted octanol–water partition coefficient (Wildman–Crippen LogP) is 1.03. The molecule has 1 atom stereocenters. The summed E-state index contributed by atoms with van der Waals surface area (Å²) in [6.45, 7) is 5.06. The fourth-order valence-electron chi connectivity index (χ4n) is 1.02. The minimum absolute atomic E-state index is 0.0867. The van der Waals surface area contributed by atoms with Crippen LogP contribution in [0, 0.1) is 0 Å². The van der Waals surface area contributed by atoms with Crippen LogP contribution in [0.15, 0.2) is 0 Å². The number of ketones is 1. The number of hydrogen-bond acceptors (Lipinski definition) is 5. The average molecular weight is 232 g/mol. The number of Topliss-reactive ketones (excluding diaryl/α,β-unsaturated/α-hetero) is 1. The van der Waals surface area contributed by atoms with Gasteiger partial charge < -0.3 is 14.6 Å². The third-order valence-electron chi connectivity index (χ3n) is 1.74. The van der Waals surface area contributed by atoms with E-state index in [0.29, 0.717) is 6.61 Å². The maximum atomic E-state index is 11.1. The number of hydrogen-bond donors (Lipinski definition) is 1. The molecule has 0 radical (unpaired) electrons. The van der Waals surface area contributed by atoms with E-state index in [9.17, 15) is 14.7 Å². The smallest absolute Gasteiger partial charge is 0.315 e. The second-order valence-corrected chi connectivity index (χ2v) is 3.93. The molecule has 0 amide bonds. The molecule has 0 aromatic rings. The summed E-state index contributed by atoms with van der Waals surface area (Å²) in [6, 6.07) is 0. The average Bonchev–Trinajstić information content (AvgIpc) is 2.10. The molecule has 1 unspecified atom stereocenters. The first kappa shape index (κ1) is 15.1. The second-order valence-electron chi connectivity index (χ2n) is 3.93. The molecule has 0 rings (SSSR count). The maximum absolute atomic E-state index is 11.1. The van der Waals surface area contributed by atoms with Gasteiger partial charge in [-0.25, -0.2) is 0 Å². The molecule has 5 heteroatoms. The monoisotopic (exact) mass is 232 g/mol. The standard InChI is InChI=1S/C11H20O5/c1-4-5-6-15-8-11(3,14)16-10(13)7-9(2)12/h14H,4-8H2,1-3H3. The highest BCUT2D eigenvalue weighted by Gasteiger charge is 2.26. The Labute approximate surface area is 95.7 Å². The largest absolute Gasteiger partial charge is 0.431 e. The van der Waals surface area contributed by atoms with Crippen molar-refractivity contribution in [3.63, 3.8) is 0 Å². The quantitative estimate of drug-likeness (QED) is 0.293. The molecule has 0 saturated carbocycles. The summed E-state index contributed by atoms with van der Waals surface area (Å²) in [7, 11) is 0. The predicted molar refractivity (Wildman–Crippen MR) is 57.7 cm³/mol. The van der Waals surface area contributed by atoms with Gasteiger partial charge in [-0.2, -0.15) is 0 Å². The lowest BCUT2D eigenvalue weighted by atomic mass is 10.3. The number of ether oxygens (including phenoxy) is 2.